The zero-order chi connectivity index (χ0) is 11.3. The molecule has 0 N–H and O–H groups in total. The van der Waals surface area contributed by atoms with Crippen molar-refractivity contribution in [1.29, 1.82) is 0 Å². The molecule has 0 aromatic rings. The average Bonchev–Trinajstić information content (AvgIpc) is 2.23. The molecule has 4 heteroatoms. The Kier molecular flexibility index (Phi) is 3.81. The number of aliphatic imine (C=N–C) groups is 1. The second kappa shape index (κ2) is 4.89. The third kappa shape index (κ3) is 3.03. The molecule has 1 saturated carbocycles. The van der Waals surface area contributed by atoms with E-state index >= 15 is 0 Å². The second-order valence-electron chi connectivity index (χ2n) is 3.96. The van der Waals surface area contributed by atoms with E-state index in [1.807, 2.05) is 0 Å². The number of hydrogen-bond acceptors (Lipinski definition) is 4. The minimum Gasteiger partial charge on any atom is -0.433 e. The Hall–Kier alpha value is -1.41. The summed E-state index contributed by atoms with van der Waals surface area (Å²) in [5.74, 6) is 0.0472. The van der Waals surface area contributed by atoms with Crippen LogP contribution in [0.15, 0.2) is 17.6 Å². The molecule has 1 aliphatic carbocycles. The van der Waals surface area contributed by atoms with E-state index in [1.54, 1.807) is 0 Å². The van der Waals surface area contributed by atoms with E-state index in [0.29, 0.717) is 18.8 Å². The lowest BCUT2D eigenvalue weighted by molar-refractivity contribution is -0.156. The highest BCUT2D eigenvalue weighted by Gasteiger charge is 2.37. The van der Waals surface area contributed by atoms with Crippen LogP contribution in [0.4, 0.5) is 0 Å². The molecule has 0 radical (unpaired) electrons. The quantitative estimate of drug-likeness (QED) is 0.309. The number of esters is 1. The van der Waals surface area contributed by atoms with Gasteiger partial charge in [0, 0.05) is 18.9 Å². The van der Waals surface area contributed by atoms with E-state index in [0.717, 1.165) is 18.9 Å². The maximum absolute atomic E-state index is 11.1. The lowest BCUT2D eigenvalue weighted by Gasteiger charge is -2.33. The summed E-state index contributed by atoms with van der Waals surface area (Å²) in [6.45, 7) is 5.45. The molecular formula is C11H15NO3. The molecule has 1 fully saturated rings. The fourth-order valence-electron chi connectivity index (χ4n) is 1.76. The third-order valence-corrected chi connectivity index (χ3v) is 2.76. The van der Waals surface area contributed by atoms with Crippen LogP contribution in [0, 0.1) is 5.92 Å². The topological polar surface area (TPSA) is 55.7 Å². The van der Waals surface area contributed by atoms with Gasteiger partial charge in [-0.2, -0.15) is 4.99 Å². The van der Waals surface area contributed by atoms with Gasteiger partial charge in [0.2, 0.25) is 11.8 Å². The summed E-state index contributed by atoms with van der Waals surface area (Å²) in [4.78, 5) is 25.1. The number of isocyanates is 1. The van der Waals surface area contributed by atoms with Crippen LogP contribution in [0.25, 0.3) is 0 Å². The maximum Gasteiger partial charge on any atom is 0.332 e. The van der Waals surface area contributed by atoms with E-state index in [-0.39, 0.29) is 0 Å². The summed E-state index contributed by atoms with van der Waals surface area (Å²) in [5.41, 5.74) is -0.987. The first-order valence-electron chi connectivity index (χ1n) is 5.06. The van der Waals surface area contributed by atoms with Gasteiger partial charge in [-0.05, 0) is 18.8 Å². The lowest BCUT2D eigenvalue weighted by Crippen LogP contribution is -2.36. The first-order chi connectivity index (χ1) is 7.12. The van der Waals surface area contributed by atoms with Gasteiger partial charge in [0.15, 0.2) is 0 Å². The van der Waals surface area contributed by atoms with E-state index in [9.17, 15) is 9.59 Å². The fourth-order valence-corrected chi connectivity index (χ4v) is 1.76. The van der Waals surface area contributed by atoms with Crippen LogP contribution < -0.4 is 0 Å². The number of carbonyl (C=O) groups excluding carboxylic acids is 2. The van der Waals surface area contributed by atoms with Gasteiger partial charge in [-0.1, -0.05) is 13.5 Å². The molecule has 15 heavy (non-hydrogen) atoms. The van der Waals surface area contributed by atoms with Crippen LogP contribution in [0.2, 0.25) is 0 Å². The summed E-state index contributed by atoms with van der Waals surface area (Å²) < 4.78 is 5.13. The van der Waals surface area contributed by atoms with Gasteiger partial charge in [-0.25, -0.2) is 9.59 Å². The molecule has 0 aromatic heterocycles. The van der Waals surface area contributed by atoms with Crippen molar-refractivity contribution in [2.24, 2.45) is 10.9 Å². The molecule has 0 aliphatic heterocycles. The fraction of sp³-hybridized carbons (Fsp3) is 0.636. The molecule has 0 heterocycles. The van der Waals surface area contributed by atoms with Gasteiger partial charge in [0.05, 0.1) is 0 Å². The predicted molar refractivity (Wildman–Crippen MR) is 54.8 cm³/mol. The van der Waals surface area contributed by atoms with Crippen LogP contribution in [-0.4, -0.2) is 17.8 Å². The highest BCUT2D eigenvalue weighted by molar-refractivity contribution is 5.81. The van der Waals surface area contributed by atoms with Crippen molar-refractivity contribution in [1.82, 2.24) is 0 Å². The Morgan fingerprint density at radius 2 is 2.20 bits per heavy atom. The van der Waals surface area contributed by atoms with Crippen molar-refractivity contribution in [2.45, 2.75) is 38.3 Å². The van der Waals surface area contributed by atoms with Gasteiger partial charge in [0.25, 0.3) is 0 Å². The summed E-state index contributed by atoms with van der Waals surface area (Å²) in [6.07, 6.45) is 5.54. The van der Waals surface area contributed by atoms with Crippen molar-refractivity contribution >= 4 is 12.0 Å². The van der Waals surface area contributed by atoms with Gasteiger partial charge < -0.3 is 4.74 Å². The SMILES string of the molecule is C=CC(=O)OC1(N=C=O)CCC(C)CC1. The largest absolute Gasteiger partial charge is 0.433 e. The summed E-state index contributed by atoms with van der Waals surface area (Å²) in [7, 11) is 0. The van der Waals surface area contributed by atoms with Gasteiger partial charge in [-0.3, -0.25) is 0 Å². The third-order valence-electron chi connectivity index (χ3n) is 2.76. The van der Waals surface area contributed by atoms with Crippen molar-refractivity contribution in [3.05, 3.63) is 12.7 Å². The molecule has 82 valence electrons. The lowest BCUT2D eigenvalue weighted by atomic mass is 9.85. The number of hydrogen-bond donors (Lipinski definition) is 0. The van der Waals surface area contributed by atoms with Crippen LogP contribution >= 0.6 is 0 Å². The Morgan fingerprint density at radius 3 is 2.67 bits per heavy atom. The smallest absolute Gasteiger partial charge is 0.332 e. The Bertz CT molecular complexity index is 297. The molecule has 0 spiro atoms. The molecule has 1 aliphatic rings. The van der Waals surface area contributed by atoms with Crippen molar-refractivity contribution in [2.75, 3.05) is 0 Å². The average molecular weight is 209 g/mol. The van der Waals surface area contributed by atoms with Crippen LogP contribution in [-0.2, 0) is 14.3 Å². The number of rotatable bonds is 3. The van der Waals surface area contributed by atoms with Gasteiger partial charge >= 0.3 is 5.97 Å². The molecule has 0 unspecified atom stereocenters. The van der Waals surface area contributed by atoms with Crippen molar-refractivity contribution < 1.29 is 14.3 Å². The minimum atomic E-state index is -0.987. The predicted octanol–water partition coefficient (Wildman–Crippen LogP) is 1.96. The van der Waals surface area contributed by atoms with Crippen LogP contribution in [0.5, 0.6) is 0 Å². The molecule has 0 saturated heterocycles. The first kappa shape index (κ1) is 11.7. The summed E-state index contributed by atoms with van der Waals surface area (Å²) >= 11 is 0. The number of carbonyl (C=O) groups is 1. The zero-order valence-corrected chi connectivity index (χ0v) is 8.86. The van der Waals surface area contributed by atoms with Crippen LogP contribution in [0.3, 0.4) is 0 Å². The standard InChI is InChI=1S/C11H15NO3/c1-3-10(14)15-11(12-8-13)6-4-9(2)5-7-11/h3,9H,1,4-7H2,2H3. The summed E-state index contributed by atoms with van der Waals surface area (Å²) in [5, 5.41) is 0. The Morgan fingerprint density at radius 1 is 1.60 bits per heavy atom. The second-order valence-corrected chi connectivity index (χ2v) is 3.96. The van der Waals surface area contributed by atoms with E-state index < -0.39 is 11.7 Å². The Balaban J connectivity index is 2.75. The highest BCUT2D eigenvalue weighted by atomic mass is 16.6. The Labute approximate surface area is 89.0 Å². The van der Waals surface area contributed by atoms with Gasteiger partial charge in [0.1, 0.15) is 0 Å². The molecule has 0 amide bonds. The monoisotopic (exact) mass is 209 g/mol. The van der Waals surface area contributed by atoms with Crippen molar-refractivity contribution in [3.63, 3.8) is 0 Å². The molecule has 0 aromatic carbocycles. The van der Waals surface area contributed by atoms with E-state index in [4.69, 9.17) is 4.74 Å². The van der Waals surface area contributed by atoms with E-state index in [1.165, 1.54) is 6.08 Å². The number of ether oxygens (including phenoxy) is 1. The maximum atomic E-state index is 11.1. The zero-order valence-electron chi connectivity index (χ0n) is 8.86. The minimum absolute atomic E-state index is 0.538. The molecule has 1 rings (SSSR count). The molecule has 0 atom stereocenters. The number of nitrogens with zero attached hydrogens (tertiary/aromatic N) is 1. The molecule has 0 bridgehead atoms. The van der Waals surface area contributed by atoms with Crippen molar-refractivity contribution in [3.8, 4) is 0 Å². The summed E-state index contributed by atoms with van der Waals surface area (Å²) in [6, 6.07) is 0. The van der Waals surface area contributed by atoms with E-state index in [2.05, 4.69) is 18.5 Å². The van der Waals surface area contributed by atoms with Gasteiger partial charge in [-0.15, -0.1) is 0 Å². The normalized spacial score (nSPS) is 30.1. The highest BCUT2D eigenvalue weighted by Crippen LogP contribution is 2.35. The molecular weight excluding hydrogens is 194 g/mol. The van der Waals surface area contributed by atoms with Crippen LogP contribution in [0.1, 0.15) is 32.6 Å². The first-order valence-corrected chi connectivity index (χ1v) is 5.06. The molecule has 4 nitrogen and oxygen atoms in total.